The highest BCUT2D eigenvalue weighted by Gasteiger charge is 2.15. The van der Waals surface area contributed by atoms with Crippen LogP contribution in [0.25, 0.3) is 17.0 Å². The van der Waals surface area contributed by atoms with Crippen molar-refractivity contribution >= 4 is 28.9 Å². The Hall–Kier alpha value is -2.69. The van der Waals surface area contributed by atoms with E-state index in [4.69, 9.17) is 4.74 Å². The Morgan fingerprint density at radius 2 is 1.88 bits per heavy atom. The highest BCUT2D eigenvalue weighted by Crippen LogP contribution is 2.18. The Morgan fingerprint density at radius 1 is 1.12 bits per heavy atom. The molecule has 1 aliphatic carbocycles. The number of aromatic nitrogens is 1. The summed E-state index contributed by atoms with van der Waals surface area (Å²) in [7, 11) is 0. The molecule has 1 heterocycles. The van der Waals surface area contributed by atoms with Crippen LogP contribution in [-0.2, 0) is 14.3 Å². The van der Waals surface area contributed by atoms with Gasteiger partial charge in [0.1, 0.15) is 0 Å². The third-order valence-corrected chi connectivity index (χ3v) is 4.63. The van der Waals surface area contributed by atoms with Gasteiger partial charge in [0.05, 0.1) is 5.52 Å². The molecule has 1 amide bonds. The highest BCUT2D eigenvalue weighted by molar-refractivity contribution is 5.93. The van der Waals surface area contributed by atoms with Crippen molar-refractivity contribution in [1.82, 2.24) is 10.3 Å². The van der Waals surface area contributed by atoms with Crippen molar-refractivity contribution in [2.75, 3.05) is 6.61 Å². The maximum absolute atomic E-state index is 12.0. The minimum Gasteiger partial charge on any atom is -0.452 e. The number of rotatable bonds is 5. The van der Waals surface area contributed by atoms with Gasteiger partial charge in [-0.15, -0.1) is 0 Å². The number of esters is 1. The first-order valence-electron chi connectivity index (χ1n) is 9.20. The summed E-state index contributed by atoms with van der Waals surface area (Å²) >= 11 is 0. The van der Waals surface area contributed by atoms with Gasteiger partial charge in [-0.25, -0.2) is 4.79 Å². The summed E-state index contributed by atoms with van der Waals surface area (Å²) in [6, 6.07) is 9.82. The van der Waals surface area contributed by atoms with Gasteiger partial charge in [0.15, 0.2) is 6.61 Å². The van der Waals surface area contributed by atoms with Crippen LogP contribution in [0.2, 0.25) is 0 Å². The van der Waals surface area contributed by atoms with E-state index in [0.29, 0.717) is 0 Å². The summed E-state index contributed by atoms with van der Waals surface area (Å²) in [6.07, 6.45) is 11.5. The molecule has 0 spiro atoms. The minimum absolute atomic E-state index is 0.209. The van der Waals surface area contributed by atoms with Crippen LogP contribution in [0.1, 0.15) is 44.1 Å². The van der Waals surface area contributed by atoms with E-state index in [9.17, 15) is 9.59 Å². The van der Waals surface area contributed by atoms with E-state index in [1.54, 1.807) is 12.3 Å². The summed E-state index contributed by atoms with van der Waals surface area (Å²) in [5.41, 5.74) is 1.66. The topological polar surface area (TPSA) is 68.3 Å². The molecule has 0 unspecified atom stereocenters. The molecule has 0 saturated heterocycles. The number of carbonyl (C=O) groups excluding carboxylic acids is 2. The second kappa shape index (κ2) is 9.13. The summed E-state index contributed by atoms with van der Waals surface area (Å²) in [5, 5.41) is 3.97. The molecular formula is C21H24N2O3. The number of carbonyl (C=O) groups is 2. The number of pyridine rings is 1. The molecule has 0 radical (unpaired) electrons. The molecule has 1 saturated carbocycles. The Labute approximate surface area is 153 Å². The van der Waals surface area contributed by atoms with E-state index in [1.807, 2.05) is 30.3 Å². The van der Waals surface area contributed by atoms with Crippen molar-refractivity contribution in [2.24, 2.45) is 0 Å². The molecule has 1 aromatic heterocycles. The number of nitrogens with zero attached hydrogens (tertiary/aromatic N) is 1. The van der Waals surface area contributed by atoms with Crippen LogP contribution in [-0.4, -0.2) is 29.5 Å². The second-order valence-electron chi connectivity index (χ2n) is 6.62. The van der Waals surface area contributed by atoms with Crippen LogP contribution in [0.4, 0.5) is 0 Å². The van der Waals surface area contributed by atoms with Crippen LogP contribution in [0, 0.1) is 0 Å². The molecule has 0 bridgehead atoms. The fourth-order valence-corrected chi connectivity index (χ4v) is 3.30. The van der Waals surface area contributed by atoms with Gasteiger partial charge in [-0.3, -0.25) is 9.78 Å². The van der Waals surface area contributed by atoms with E-state index in [2.05, 4.69) is 10.3 Å². The smallest absolute Gasteiger partial charge is 0.331 e. The standard InChI is InChI=1S/C21H24N2O3/c24-19(23-18-10-3-1-2-4-11-18)15-26-20(25)13-12-17-8-5-7-16-9-6-14-22-21(16)17/h5-9,12-14,18H,1-4,10-11,15H2,(H,23,24)/b13-12+. The lowest BCUT2D eigenvalue weighted by Gasteiger charge is -2.15. The average Bonchev–Trinajstić information content (AvgIpc) is 2.93. The van der Waals surface area contributed by atoms with E-state index in [0.717, 1.165) is 42.1 Å². The predicted molar refractivity (Wildman–Crippen MR) is 101 cm³/mol. The largest absolute Gasteiger partial charge is 0.452 e. The molecule has 5 nitrogen and oxygen atoms in total. The Kier molecular flexibility index (Phi) is 6.36. The van der Waals surface area contributed by atoms with Gasteiger partial charge in [0.2, 0.25) is 0 Å². The van der Waals surface area contributed by atoms with Crippen molar-refractivity contribution in [2.45, 2.75) is 44.6 Å². The van der Waals surface area contributed by atoms with Crippen LogP contribution in [0.5, 0.6) is 0 Å². The number of hydrogen-bond donors (Lipinski definition) is 1. The first kappa shape index (κ1) is 18.1. The second-order valence-corrected chi connectivity index (χ2v) is 6.62. The number of nitrogens with one attached hydrogen (secondary N) is 1. The van der Waals surface area contributed by atoms with Gasteiger partial charge in [0, 0.05) is 29.3 Å². The molecule has 1 N–H and O–H groups in total. The lowest BCUT2D eigenvalue weighted by Crippen LogP contribution is -2.37. The van der Waals surface area contributed by atoms with E-state index in [-0.39, 0.29) is 18.6 Å². The number of benzene rings is 1. The van der Waals surface area contributed by atoms with Gasteiger partial charge in [-0.1, -0.05) is 49.9 Å². The van der Waals surface area contributed by atoms with Crippen LogP contribution < -0.4 is 5.32 Å². The maximum atomic E-state index is 12.0. The van der Waals surface area contributed by atoms with Crippen molar-refractivity contribution in [3.63, 3.8) is 0 Å². The average molecular weight is 352 g/mol. The first-order valence-corrected chi connectivity index (χ1v) is 9.20. The zero-order chi connectivity index (χ0) is 18.2. The van der Waals surface area contributed by atoms with E-state index < -0.39 is 5.97 Å². The number of hydrogen-bond acceptors (Lipinski definition) is 4. The normalized spacial score (nSPS) is 15.7. The molecule has 26 heavy (non-hydrogen) atoms. The molecule has 5 heteroatoms. The van der Waals surface area contributed by atoms with Gasteiger partial charge in [0.25, 0.3) is 5.91 Å². The quantitative estimate of drug-likeness (QED) is 0.507. The molecule has 136 valence electrons. The minimum atomic E-state index is -0.533. The van der Waals surface area contributed by atoms with Gasteiger partial charge in [-0.2, -0.15) is 0 Å². The van der Waals surface area contributed by atoms with Crippen molar-refractivity contribution < 1.29 is 14.3 Å². The van der Waals surface area contributed by atoms with E-state index >= 15 is 0 Å². The molecule has 0 atom stereocenters. The molecule has 3 rings (SSSR count). The summed E-state index contributed by atoms with van der Waals surface area (Å²) in [6.45, 7) is -0.243. The maximum Gasteiger partial charge on any atom is 0.331 e. The first-order chi connectivity index (χ1) is 12.7. The van der Waals surface area contributed by atoms with Crippen molar-refractivity contribution in [3.05, 3.63) is 48.2 Å². The van der Waals surface area contributed by atoms with Gasteiger partial charge in [-0.05, 0) is 25.0 Å². The third-order valence-electron chi connectivity index (χ3n) is 4.63. The molecule has 1 aliphatic rings. The number of amides is 1. The van der Waals surface area contributed by atoms with Crippen molar-refractivity contribution in [3.8, 4) is 0 Å². The fourth-order valence-electron chi connectivity index (χ4n) is 3.30. The summed E-state index contributed by atoms with van der Waals surface area (Å²) < 4.78 is 5.05. The molecule has 0 aliphatic heterocycles. The summed E-state index contributed by atoms with van der Waals surface area (Å²) in [5.74, 6) is -0.764. The summed E-state index contributed by atoms with van der Waals surface area (Å²) in [4.78, 5) is 28.2. The molecule has 2 aromatic rings. The molecule has 1 aromatic carbocycles. The zero-order valence-corrected chi connectivity index (χ0v) is 14.8. The monoisotopic (exact) mass is 352 g/mol. The zero-order valence-electron chi connectivity index (χ0n) is 14.8. The highest BCUT2D eigenvalue weighted by atomic mass is 16.5. The molecular weight excluding hydrogens is 328 g/mol. The van der Waals surface area contributed by atoms with Crippen LogP contribution >= 0.6 is 0 Å². The number of ether oxygens (including phenoxy) is 1. The van der Waals surface area contributed by atoms with Gasteiger partial charge >= 0.3 is 5.97 Å². The number of para-hydroxylation sites is 1. The Bertz CT molecular complexity index is 787. The fraction of sp³-hybridized carbons (Fsp3) is 0.381. The van der Waals surface area contributed by atoms with E-state index in [1.165, 1.54) is 18.9 Å². The number of fused-ring (bicyclic) bond motifs is 1. The Balaban J connectivity index is 1.50. The van der Waals surface area contributed by atoms with Gasteiger partial charge < -0.3 is 10.1 Å². The lowest BCUT2D eigenvalue weighted by molar-refractivity contribution is -0.144. The molecule has 1 fully saturated rings. The van der Waals surface area contributed by atoms with Crippen molar-refractivity contribution in [1.29, 1.82) is 0 Å². The SMILES string of the molecule is O=C(COC(=O)/C=C/c1cccc2cccnc12)NC1CCCCCC1. The van der Waals surface area contributed by atoms with Crippen LogP contribution in [0.3, 0.4) is 0 Å². The Morgan fingerprint density at radius 3 is 2.69 bits per heavy atom. The third kappa shape index (κ3) is 5.15. The lowest BCUT2D eigenvalue weighted by atomic mass is 10.1. The predicted octanol–water partition coefficient (Wildman–Crippen LogP) is 3.63. The van der Waals surface area contributed by atoms with Crippen LogP contribution in [0.15, 0.2) is 42.6 Å².